The molecule has 0 aromatic carbocycles. The first kappa shape index (κ1) is 8.56. The van der Waals surface area contributed by atoms with Crippen molar-refractivity contribution in [2.24, 2.45) is 0 Å². The summed E-state index contributed by atoms with van der Waals surface area (Å²) in [7, 11) is 0. The lowest BCUT2D eigenvalue weighted by atomic mass is 10.2. The van der Waals surface area contributed by atoms with Crippen LogP contribution in [0.1, 0.15) is 5.56 Å². The molecule has 1 heterocycles. The Morgan fingerprint density at radius 3 is 2.90 bits per heavy atom. The maximum atomic E-state index is 5.89. The van der Waals surface area contributed by atoms with E-state index >= 15 is 0 Å². The summed E-state index contributed by atoms with van der Waals surface area (Å²) in [6.07, 6.45) is 2.74. The number of allylic oxidation sites excluding steroid dienone is 1. The highest BCUT2D eigenvalue weighted by Gasteiger charge is 2.01. The molecule has 0 aliphatic rings. The van der Waals surface area contributed by atoms with Crippen molar-refractivity contribution in [2.45, 2.75) is 6.42 Å². The molecule has 0 saturated carbocycles. The van der Waals surface area contributed by atoms with Crippen molar-refractivity contribution >= 4 is 45.5 Å². The van der Waals surface area contributed by atoms with E-state index in [2.05, 4.69) is 35.2 Å². The molecule has 0 radical (unpaired) electrons. The van der Waals surface area contributed by atoms with Gasteiger partial charge in [0.2, 0.25) is 0 Å². The quantitative estimate of drug-likeness (QED) is 0.573. The van der Waals surface area contributed by atoms with E-state index in [1.807, 2.05) is 6.08 Å². The summed E-state index contributed by atoms with van der Waals surface area (Å²) in [5.74, 6) is 0. The molecule has 0 fully saturated rings. The Balaban J connectivity index is 2.91. The standard InChI is InChI=1S/C7H6ClIS/c1-2-3-5-4-6(9)10-7(5)8/h2,4H,1,3H2. The Bertz CT molecular complexity index is 242. The van der Waals surface area contributed by atoms with Gasteiger partial charge in [-0.15, -0.1) is 17.9 Å². The zero-order valence-corrected chi connectivity index (χ0v) is 8.96. The van der Waals surface area contributed by atoms with Gasteiger partial charge in [0.15, 0.2) is 0 Å². The minimum atomic E-state index is 0.873. The second kappa shape index (κ2) is 3.74. The first-order valence-corrected chi connectivity index (χ1v) is 5.06. The third kappa shape index (κ3) is 1.97. The van der Waals surface area contributed by atoms with Crippen molar-refractivity contribution in [1.82, 2.24) is 0 Å². The molecule has 0 saturated heterocycles. The van der Waals surface area contributed by atoms with E-state index in [1.165, 1.54) is 8.45 Å². The van der Waals surface area contributed by atoms with Gasteiger partial charge in [-0.25, -0.2) is 0 Å². The van der Waals surface area contributed by atoms with E-state index in [1.54, 1.807) is 11.3 Å². The van der Waals surface area contributed by atoms with Crippen molar-refractivity contribution in [1.29, 1.82) is 0 Å². The first-order chi connectivity index (χ1) is 4.74. The fraction of sp³-hybridized carbons (Fsp3) is 0.143. The van der Waals surface area contributed by atoms with Gasteiger partial charge in [-0.05, 0) is 40.6 Å². The van der Waals surface area contributed by atoms with Gasteiger partial charge in [-0.3, -0.25) is 0 Å². The minimum absolute atomic E-state index is 0.873. The van der Waals surface area contributed by atoms with Gasteiger partial charge in [0.1, 0.15) is 0 Å². The molecule has 1 aromatic heterocycles. The lowest BCUT2D eigenvalue weighted by molar-refractivity contribution is 1.31. The van der Waals surface area contributed by atoms with Crippen molar-refractivity contribution < 1.29 is 0 Å². The highest BCUT2D eigenvalue weighted by atomic mass is 127. The monoisotopic (exact) mass is 284 g/mol. The van der Waals surface area contributed by atoms with Crippen molar-refractivity contribution in [2.75, 3.05) is 0 Å². The zero-order chi connectivity index (χ0) is 7.56. The Morgan fingerprint density at radius 2 is 2.50 bits per heavy atom. The molecule has 1 aromatic rings. The average Bonchev–Trinajstić information content (AvgIpc) is 2.13. The fourth-order valence-electron chi connectivity index (χ4n) is 0.669. The summed E-state index contributed by atoms with van der Waals surface area (Å²) in [5.41, 5.74) is 1.19. The van der Waals surface area contributed by atoms with E-state index in [0.717, 1.165) is 10.8 Å². The fourth-order valence-corrected chi connectivity index (χ4v) is 3.12. The molecule has 0 spiro atoms. The van der Waals surface area contributed by atoms with Crippen molar-refractivity contribution in [3.63, 3.8) is 0 Å². The molecular formula is C7H6ClIS. The number of hydrogen-bond acceptors (Lipinski definition) is 1. The normalized spacial score (nSPS) is 9.80. The lowest BCUT2D eigenvalue weighted by Crippen LogP contribution is -1.73. The first-order valence-electron chi connectivity index (χ1n) is 2.78. The van der Waals surface area contributed by atoms with Crippen LogP contribution in [0.15, 0.2) is 18.7 Å². The summed E-state index contributed by atoms with van der Waals surface area (Å²) in [6.45, 7) is 3.65. The molecule has 0 aliphatic heterocycles. The SMILES string of the molecule is C=CCc1cc(I)sc1Cl. The predicted octanol–water partition coefficient (Wildman–Crippen LogP) is 3.73. The summed E-state index contributed by atoms with van der Waals surface area (Å²) < 4.78 is 2.13. The van der Waals surface area contributed by atoms with E-state index in [-0.39, 0.29) is 0 Å². The molecule has 10 heavy (non-hydrogen) atoms. The second-order valence-electron chi connectivity index (χ2n) is 1.84. The molecule has 0 atom stereocenters. The van der Waals surface area contributed by atoms with Crippen LogP contribution in [0.3, 0.4) is 0 Å². The highest BCUT2D eigenvalue weighted by Crippen LogP contribution is 2.28. The van der Waals surface area contributed by atoms with Crippen LogP contribution in [0, 0.1) is 2.88 Å². The Hall–Kier alpha value is 0.460. The third-order valence-electron chi connectivity index (χ3n) is 1.09. The number of hydrogen-bond donors (Lipinski definition) is 0. The van der Waals surface area contributed by atoms with Gasteiger partial charge >= 0.3 is 0 Å². The molecule has 0 N–H and O–H groups in total. The number of thiophene rings is 1. The number of rotatable bonds is 2. The number of halogens is 2. The lowest BCUT2D eigenvalue weighted by Gasteiger charge is -1.87. The van der Waals surface area contributed by atoms with Crippen LogP contribution in [0.5, 0.6) is 0 Å². The van der Waals surface area contributed by atoms with Gasteiger partial charge < -0.3 is 0 Å². The minimum Gasteiger partial charge on any atom is -0.117 e. The van der Waals surface area contributed by atoms with Gasteiger partial charge in [0.25, 0.3) is 0 Å². The van der Waals surface area contributed by atoms with Gasteiger partial charge in [-0.1, -0.05) is 17.7 Å². The van der Waals surface area contributed by atoms with E-state index in [9.17, 15) is 0 Å². The molecule has 1 rings (SSSR count). The van der Waals surface area contributed by atoms with Crippen LogP contribution < -0.4 is 0 Å². The Labute approximate surface area is 83.0 Å². The van der Waals surface area contributed by atoms with E-state index < -0.39 is 0 Å². The van der Waals surface area contributed by atoms with Gasteiger partial charge in [0.05, 0.1) is 7.22 Å². The van der Waals surface area contributed by atoms with E-state index in [4.69, 9.17) is 11.6 Å². The summed E-state index contributed by atoms with van der Waals surface area (Å²) in [4.78, 5) is 0. The third-order valence-corrected chi connectivity index (χ3v) is 3.29. The molecule has 0 aliphatic carbocycles. The largest absolute Gasteiger partial charge is 0.117 e. The van der Waals surface area contributed by atoms with Crippen LogP contribution in [0.2, 0.25) is 4.34 Å². The second-order valence-corrected chi connectivity index (χ2v) is 5.39. The highest BCUT2D eigenvalue weighted by molar-refractivity contribution is 14.1. The average molecular weight is 285 g/mol. The van der Waals surface area contributed by atoms with Crippen LogP contribution in [0.25, 0.3) is 0 Å². The van der Waals surface area contributed by atoms with Crippen LogP contribution in [-0.2, 0) is 6.42 Å². The molecule has 0 unspecified atom stereocenters. The summed E-state index contributed by atoms with van der Waals surface area (Å²) in [6, 6.07) is 2.09. The smallest absolute Gasteiger partial charge is 0.0974 e. The summed E-state index contributed by atoms with van der Waals surface area (Å²) in [5, 5.41) is 0. The predicted molar refractivity (Wildman–Crippen MR) is 55.9 cm³/mol. The van der Waals surface area contributed by atoms with Crippen molar-refractivity contribution in [3.8, 4) is 0 Å². The van der Waals surface area contributed by atoms with Gasteiger partial charge in [-0.2, -0.15) is 0 Å². The Kier molecular flexibility index (Phi) is 3.20. The van der Waals surface area contributed by atoms with Crippen LogP contribution >= 0.6 is 45.5 Å². The van der Waals surface area contributed by atoms with Crippen molar-refractivity contribution in [3.05, 3.63) is 31.5 Å². The molecular weight excluding hydrogens is 279 g/mol. The molecule has 0 nitrogen and oxygen atoms in total. The molecule has 0 bridgehead atoms. The maximum Gasteiger partial charge on any atom is 0.0974 e. The van der Waals surface area contributed by atoms with Crippen LogP contribution in [-0.4, -0.2) is 0 Å². The van der Waals surface area contributed by atoms with Gasteiger partial charge in [0, 0.05) is 0 Å². The topological polar surface area (TPSA) is 0 Å². The maximum absolute atomic E-state index is 5.89. The molecule has 3 heteroatoms. The summed E-state index contributed by atoms with van der Waals surface area (Å²) >= 11 is 9.77. The van der Waals surface area contributed by atoms with E-state index in [0.29, 0.717) is 0 Å². The molecule has 0 amide bonds. The Morgan fingerprint density at radius 1 is 1.80 bits per heavy atom. The molecule has 54 valence electrons. The van der Waals surface area contributed by atoms with Crippen LogP contribution in [0.4, 0.5) is 0 Å². The zero-order valence-electron chi connectivity index (χ0n) is 5.23.